The Bertz CT molecular complexity index is 475. The van der Waals surface area contributed by atoms with Crippen LogP contribution < -0.4 is 10.6 Å². The first-order chi connectivity index (χ1) is 9.76. The van der Waals surface area contributed by atoms with E-state index in [1.54, 1.807) is 6.07 Å². The molecule has 0 aliphatic carbocycles. The molecule has 1 aliphatic heterocycles. The summed E-state index contributed by atoms with van der Waals surface area (Å²) in [6.07, 6.45) is 0. The molecule has 0 amide bonds. The molecule has 4 N–H and O–H groups in total. The summed E-state index contributed by atoms with van der Waals surface area (Å²) in [6.45, 7) is 9.85. The molecule has 5 nitrogen and oxygen atoms in total. The number of β-amino-alcohol motifs (C(OH)–C–C–N with tert-alkyl or cyclic N) is 1. The zero-order valence-electron chi connectivity index (χ0n) is 13.2. The van der Waals surface area contributed by atoms with E-state index in [0.717, 1.165) is 37.4 Å². The van der Waals surface area contributed by atoms with Crippen molar-refractivity contribution in [1.82, 2.24) is 4.90 Å². The first-order valence-electron chi connectivity index (χ1n) is 7.54. The molecule has 0 bridgehead atoms. The number of hydrogen-bond donors (Lipinski definition) is 3. The van der Waals surface area contributed by atoms with Gasteiger partial charge in [0.15, 0.2) is 0 Å². The van der Waals surface area contributed by atoms with Crippen molar-refractivity contribution < 1.29 is 10.2 Å². The minimum atomic E-state index is -0.653. The lowest BCUT2D eigenvalue weighted by Gasteiger charge is -2.38. The number of aromatic hydroxyl groups is 1. The van der Waals surface area contributed by atoms with Crippen LogP contribution in [-0.4, -0.2) is 53.4 Å². The molecule has 1 unspecified atom stereocenters. The van der Waals surface area contributed by atoms with Gasteiger partial charge in [0.2, 0.25) is 0 Å². The van der Waals surface area contributed by atoms with E-state index >= 15 is 0 Å². The number of phenolic OH excluding ortho intramolecular Hbond substituents is 1. The topological polar surface area (TPSA) is 73.0 Å². The summed E-state index contributed by atoms with van der Waals surface area (Å²) < 4.78 is 0. The van der Waals surface area contributed by atoms with E-state index in [4.69, 9.17) is 5.73 Å². The number of piperazine rings is 1. The number of nitrogens with two attached hydrogens (primary N) is 1. The van der Waals surface area contributed by atoms with Crippen LogP contribution in [0.25, 0.3) is 0 Å². The largest absolute Gasteiger partial charge is 0.508 e. The van der Waals surface area contributed by atoms with E-state index in [2.05, 4.69) is 9.80 Å². The Morgan fingerprint density at radius 2 is 1.86 bits per heavy atom. The zero-order valence-corrected chi connectivity index (χ0v) is 13.2. The summed E-state index contributed by atoms with van der Waals surface area (Å²) in [4.78, 5) is 4.53. The monoisotopic (exact) mass is 293 g/mol. The summed E-state index contributed by atoms with van der Waals surface area (Å²) in [5, 5.41) is 19.9. The van der Waals surface area contributed by atoms with Crippen LogP contribution in [0.2, 0.25) is 0 Å². The molecule has 0 saturated carbocycles. The maximum atomic E-state index is 10.0. The maximum Gasteiger partial charge on any atom is 0.122 e. The lowest BCUT2D eigenvalue weighted by molar-refractivity contribution is 0.0345. The molecular formula is C16H27N3O2. The highest BCUT2D eigenvalue weighted by Crippen LogP contribution is 2.28. The fraction of sp³-hybridized carbons (Fsp3) is 0.625. The third kappa shape index (κ3) is 4.33. The van der Waals surface area contributed by atoms with Crippen LogP contribution in [0.4, 0.5) is 5.69 Å². The summed E-state index contributed by atoms with van der Waals surface area (Å²) in [5.74, 6) is 0.265. The molecule has 1 atom stereocenters. The van der Waals surface area contributed by atoms with Crippen molar-refractivity contribution in [3.05, 3.63) is 23.8 Å². The molecule has 1 fully saturated rings. The number of rotatable bonds is 4. The van der Waals surface area contributed by atoms with E-state index in [0.29, 0.717) is 6.54 Å². The number of anilines is 1. The predicted molar refractivity (Wildman–Crippen MR) is 85.7 cm³/mol. The molecule has 5 heteroatoms. The van der Waals surface area contributed by atoms with E-state index < -0.39 is 5.60 Å². The van der Waals surface area contributed by atoms with Crippen LogP contribution in [-0.2, 0) is 0 Å². The van der Waals surface area contributed by atoms with Crippen LogP contribution in [0.1, 0.15) is 32.4 Å². The molecular weight excluding hydrogens is 266 g/mol. The fourth-order valence-electron chi connectivity index (χ4n) is 2.83. The van der Waals surface area contributed by atoms with Crippen LogP contribution in [0.15, 0.2) is 18.2 Å². The molecule has 118 valence electrons. The molecule has 1 aliphatic rings. The Kier molecular flexibility index (Phi) is 4.76. The summed E-state index contributed by atoms with van der Waals surface area (Å²) in [6, 6.07) is 5.55. The minimum absolute atomic E-state index is 0.164. The fourth-order valence-corrected chi connectivity index (χ4v) is 2.83. The van der Waals surface area contributed by atoms with Crippen molar-refractivity contribution in [3.8, 4) is 5.75 Å². The number of phenols is 1. The van der Waals surface area contributed by atoms with Gasteiger partial charge in [-0.1, -0.05) is 6.07 Å². The predicted octanol–water partition coefficient (Wildman–Crippen LogP) is 1.30. The van der Waals surface area contributed by atoms with Gasteiger partial charge < -0.3 is 20.8 Å². The van der Waals surface area contributed by atoms with Crippen molar-refractivity contribution in [2.24, 2.45) is 5.73 Å². The lowest BCUT2D eigenvalue weighted by atomic mass is 10.1. The van der Waals surface area contributed by atoms with Gasteiger partial charge in [0, 0.05) is 56.1 Å². The normalized spacial score (nSPS) is 18.8. The average molecular weight is 293 g/mol. The molecule has 21 heavy (non-hydrogen) atoms. The second-order valence-corrected chi connectivity index (χ2v) is 6.61. The molecule has 0 radical (unpaired) electrons. The van der Waals surface area contributed by atoms with E-state index in [9.17, 15) is 10.2 Å². The Morgan fingerprint density at radius 3 is 2.33 bits per heavy atom. The van der Waals surface area contributed by atoms with Crippen molar-refractivity contribution in [2.45, 2.75) is 32.4 Å². The quantitative estimate of drug-likeness (QED) is 0.780. The summed E-state index contributed by atoms with van der Waals surface area (Å²) >= 11 is 0. The minimum Gasteiger partial charge on any atom is -0.508 e. The molecule has 2 rings (SSSR count). The molecule has 1 aromatic rings. The van der Waals surface area contributed by atoms with Gasteiger partial charge in [-0.2, -0.15) is 0 Å². The van der Waals surface area contributed by atoms with Gasteiger partial charge in [-0.05, 0) is 26.8 Å². The van der Waals surface area contributed by atoms with Gasteiger partial charge in [-0.15, -0.1) is 0 Å². The number of nitrogens with zero attached hydrogens (tertiary/aromatic N) is 2. The van der Waals surface area contributed by atoms with Crippen LogP contribution in [0.3, 0.4) is 0 Å². The maximum absolute atomic E-state index is 10.0. The summed E-state index contributed by atoms with van der Waals surface area (Å²) in [7, 11) is 0. The first-order valence-corrected chi connectivity index (χ1v) is 7.54. The molecule has 1 aromatic carbocycles. The standard InChI is InChI=1S/C16H27N3O2/c1-12(17)14-5-4-13(10-15(14)20)19-8-6-18(7-9-19)11-16(2,3)21/h4-5,10,12,20-21H,6-9,11,17H2,1-3H3. The molecule has 0 spiro atoms. The highest BCUT2D eigenvalue weighted by atomic mass is 16.3. The Morgan fingerprint density at radius 1 is 1.24 bits per heavy atom. The Balaban J connectivity index is 1.98. The van der Waals surface area contributed by atoms with Crippen molar-refractivity contribution >= 4 is 5.69 Å². The molecule has 1 saturated heterocycles. The molecule has 0 aromatic heterocycles. The lowest BCUT2D eigenvalue weighted by Crippen LogP contribution is -2.50. The smallest absolute Gasteiger partial charge is 0.122 e. The van der Waals surface area contributed by atoms with Crippen LogP contribution >= 0.6 is 0 Å². The highest BCUT2D eigenvalue weighted by molar-refractivity contribution is 5.54. The highest BCUT2D eigenvalue weighted by Gasteiger charge is 2.23. The van der Waals surface area contributed by atoms with Crippen molar-refractivity contribution in [1.29, 1.82) is 0 Å². The van der Waals surface area contributed by atoms with Crippen molar-refractivity contribution in [2.75, 3.05) is 37.6 Å². The third-order valence-electron chi connectivity index (χ3n) is 3.85. The van der Waals surface area contributed by atoms with Crippen molar-refractivity contribution in [3.63, 3.8) is 0 Å². The van der Waals surface area contributed by atoms with E-state index in [-0.39, 0.29) is 11.8 Å². The Hall–Kier alpha value is -1.30. The Labute approximate surface area is 127 Å². The summed E-state index contributed by atoms with van der Waals surface area (Å²) in [5.41, 5.74) is 6.97. The van der Waals surface area contributed by atoms with Gasteiger partial charge >= 0.3 is 0 Å². The van der Waals surface area contributed by atoms with Crippen LogP contribution in [0.5, 0.6) is 5.75 Å². The number of benzene rings is 1. The van der Waals surface area contributed by atoms with E-state index in [1.807, 2.05) is 32.9 Å². The second-order valence-electron chi connectivity index (χ2n) is 6.61. The second kappa shape index (κ2) is 6.22. The molecule has 1 heterocycles. The first kappa shape index (κ1) is 16.1. The van der Waals surface area contributed by atoms with Crippen LogP contribution in [0, 0.1) is 0 Å². The SMILES string of the molecule is CC(N)c1ccc(N2CCN(CC(C)(C)O)CC2)cc1O. The number of hydrogen-bond acceptors (Lipinski definition) is 5. The van der Waals surface area contributed by atoms with Gasteiger partial charge in [-0.25, -0.2) is 0 Å². The van der Waals surface area contributed by atoms with E-state index in [1.165, 1.54) is 0 Å². The zero-order chi connectivity index (χ0) is 15.6. The van der Waals surface area contributed by atoms with Gasteiger partial charge in [0.25, 0.3) is 0 Å². The van der Waals surface area contributed by atoms with Gasteiger partial charge in [-0.3, -0.25) is 4.90 Å². The average Bonchev–Trinajstić information content (AvgIpc) is 2.37. The number of aliphatic hydroxyl groups is 1. The van der Waals surface area contributed by atoms with Gasteiger partial charge in [0.1, 0.15) is 5.75 Å². The van der Waals surface area contributed by atoms with Gasteiger partial charge in [0.05, 0.1) is 5.60 Å². The third-order valence-corrected chi connectivity index (χ3v) is 3.85.